The summed E-state index contributed by atoms with van der Waals surface area (Å²) in [5.74, 6) is -1.97. The summed E-state index contributed by atoms with van der Waals surface area (Å²) in [5, 5.41) is 23.3. The molecule has 0 aliphatic carbocycles. The van der Waals surface area contributed by atoms with Gasteiger partial charge in [0, 0.05) is 14.1 Å². The van der Waals surface area contributed by atoms with Crippen LogP contribution in [0.5, 0.6) is 5.75 Å². The van der Waals surface area contributed by atoms with E-state index in [4.69, 9.17) is 0 Å². The molecule has 0 radical (unpaired) electrons. The van der Waals surface area contributed by atoms with Crippen molar-refractivity contribution in [1.82, 2.24) is 14.7 Å². The van der Waals surface area contributed by atoms with E-state index in [0.29, 0.717) is 0 Å². The van der Waals surface area contributed by atoms with Crippen molar-refractivity contribution in [1.29, 1.82) is 0 Å². The number of amides is 1. The van der Waals surface area contributed by atoms with Crippen molar-refractivity contribution in [3.63, 3.8) is 0 Å². The van der Waals surface area contributed by atoms with Gasteiger partial charge in [0.25, 0.3) is 11.7 Å². The van der Waals surface area contributed by atoms with Gasteiger partial charge in [0.05, 0.1) is 12.1 Å². The summed E-state index contributed by atoms with van der Waals surface area (Å²) in [5.41, 5.74) is -0.202. The molecule has 1 N–H and O–H groups in total. The van der Waals surface area contributed by atoms with Crippen molar-refractivity contribution in [3.05, 3.63) is 15.8 Å². The number of hydrogen-bond donors (Lipinski definition) is 1. The van der Waals surface area contributed by atoms with Gasteiger partial charge in [0.1, 0.15) is 0 Å². The number of nitrogens with zero attached hydrogens (tertiary/aromatic N) is 4. The zero-order valence-corrected chi connectivity index (χ0v) is 8.46. The van der Waals surface area contributed by atoms with Gasteiger partial charge in [0.15, 0.2) is 5.69 Å². The molecule has 8 heteroatoms. The van der Waals surface area contributed by atoms with Crippen LogP contribution in [0.15, 0.2) is 0 Å². The van der Waals surface area contributed by atoms with Gasteiger partial charge >= 0.3 is 5.82 Å². The molecule has 82 valence electrons. The summed E-state index contributed by atoms with van der Waals surface area (Å²) in [7, 11) is 4.30. The van der Waals surface area contributed by atoms with Crippen molar-refractivity contribution in [3.8, 4) is 5.75 Å². The molecule has 1 amide bonds. The Labute approximate surface area is 84.9 Å². The molecule has 0 atom stereocenters. The highest BCUT2D eigenvalue weighted by atomic mass is 16.6. The maximum atomic E-state index is 11.5. The molecule has 8 nitrogen and oxygen atoms in total. The van der Waals surface area contributed by atoms with E-state index in [9.17, 15) is 20.0 Å². The fraction of sp³-hybridized carbons (Fsp3) is 0.429. The first-order valence-corrected chi connectivity index (χ1v) is 3.98. The summed E-state index contributed by atoms with van der Waals surface area (Å²) < 4.78 is 0.982. The molecular formula is C7H10N4O4. The Morgan fingerprint density at radius 2 is 2.13 bits per heavy atom. The zero-order chi connectivity index (χ0) is 11.7. The lowest BCUT2D eigenvalue weighted by atomic mass is 10.3. The van der Waals surface area contributed by atoms with Crippen molar-refractivity contribution < 1.29 is 14.8 Å². The number of carbonyl (C=O) groups is 1. The van der Waals surface area contributed by atoms with Crippen molar-refractivity contribution in [2.75, 3.05) is 14.1 Å². The number of nitro groups is 1. The first-order chi connectivity index (χ1) is 6.86. The number of hydrogen-bond acceptors (Lipinski definition) is 5. The van der Waals surface area contributed by atoms with Crippen molar-refractivity contribution in [2.24, 2.45) is 7.05 Å². The quantitative estimate of drug-likeness (QED) is 0.539. The minimum atomic E-state index is -0.845. The fourth-order valence-electron chi connectivity index (χ4n) is 1.07. The first kappa shape index (κ1) is 11.0. The van der Waals surface area contributed by atoms with Gasteiger partial charge in [-0.1, -0.05) is 0 Å². The Morgan fingerprint density at radius 3 is 2.47 bits per heavy atom. The van der Waals surface area contributed by atoms with Gasteiger partial charge in [-0.2, -0.15) is 4.68 Å². The van der Waals surface area contributed by atoms with Crippen LogP contribution < -0.4 is 0 Å². The van der Waals surface area contributed by atoms with Crippen LogP contribution in [0.4, 0.5) is 5.82 Å². The summed E-state index contributed by atoms with van der Waals surface area (Å²) >= 11 is 0. The van der Waals surface area contributed by atoms with Crippen molar-refractivity contribution in [2.45, 2.75) is 0 Å². The smallest absolute Gasteiger partial charge is 0.432 e. The van der Waals surface area contributed by atoms with Gasteiger partial charge in [-0.05, 0) is 4.92 Å². The minimum absolute atomic E-state index is 0.202. The largest absolute Gasteiger partial charge is 0.499 e. The number of aromatic nitrogens is 2. The Kier molecular flexibility index (Phi) is 2.60. The highest BCUT2D eigenvalue weighted by Gasteiger charge is 2.31. The van der Waals surface area contributed by atoms with Crippen LogP contribution in [0.1, 0.15) is 10.5 Å². The lowest BCUT2D eigenvalue weighted by Gasteiger charge is -2.08. The van der Waals surface area contributed by atoms with Crippen LogP contribution in [0.25, 0.3) is 0 Å². The van der Waals surface area contributed by atoms with Gasteiger partial charge in [-0.3, -0.25) is 4.79 Å². The van der Waals surface area contributed by atoms with E-state index >= 15 is 0 Å². The Balaban J connectivity index is 3.31. The lowest BCUT2D eigenvalue weighted by molar-refractivity contribution is -0.390. The second-order valence-corrected chi connectivity index (χ2v) is 3.10. The van der Waals surface area contributed by atoms with Crippen LogP contribution >= 0.6 is 0 Å². The molecule has 1 heterocycles. The normalized spacial score (nSPS) is 10.1. The highest BCUT2D eigenvalue weighted by Crippen LogP contribution is 2.28. The predicted octanol–water partition coefficient (Wildman–Crippen LogP) is -0.264. The average molecular weight is 214 g/mol. The third-order valence-corrected chi connectivity index (χ3v) is 1.79. The third-order valence-electron chi connectivity index (χ3n) is 1.79. The first-order valence-electron chi connectivity index (χ1n) is 3.98. The average Bonchev–Trinajstić information content (AvgIpc) is 2.41. The summed E-state index contributed by atoms with van der Waals surface area (Å²) in [6.07, 6.45) is 0. The Hall–Kier alpha value is -2.12. The van der Waals surface area contributed by atoms with E-state index in [1.54, 1.807) is 0 Å². The van der Waals surface area contributed by atoms with Crippen molar-refractivity contribution >= 4 is 11.7 Å². The molecule has 15 heavy (non-hydrogen) atoms. The van der Waals surface area contributed by atoms with Gasteiger partial charge in [-0.25, -0.2) is 0 Å². The Morgan fingerprint density at radius 1 is 1.60 bits per heavy atom. The maximum absolute atomic E-state index is 11.5. The van der Waals surface area contributed by atoms with Gasteiger partial charge < -0.3 is 20.1 Å². The molecule has 0 saturated heterocycles. The third kappa shape index (κ3) is 1.73. The SMILES string of the molecule is CN(C)C(=O)c1c(O)c([N+](=O)[O-])nn1C. The van der Waals surface area contributed by atoms with Crippen LogP contribution in [-0.2, 0) is 7.05 Å². The predicted molar refractivity (Wildman–Crippen MR) is 49.5 cm³/mol. The molecule has 1 aromatic rings. The van der Waals surface area contributed by atoms with Crippen LogP contribution in [0.2, 0.25) is 0 Å². The number of rotatable bonds is 2. The van der Waals surface area contributed by atoms with E-state index < -0.39 is 22.4 Å². The molecule has 0 fully saturated rings. The summed E-state index contributed by atoms with van der Waals surface area (Å²) in [6.45, 7) is 0. The molecular weight excluding hydrogens is 204 g/mol. The van der Waals surface area contributed by atoms with E-state index in [-0.39, 0.29) is 5.69 Å². The molecule has 0 aliphatic rings. The van der Waals surface area contributed by atoms with E-state index in [2.05, 4.69) is 5.10 Å². The molecule has 0 saturated carbocycles. The lowest BCUT2D eigenvalue weighted by Crippen LogP contribution is -2.24. The van der Waals surface area contributed by atoms with Crippen LogP contribution in [0, 0.1) is 10.1 Å². The van der Waals surface area contributed by atoms with E-state index in [0.717, 1.165) is 4.68 Å². The Bertz CT molecular complexity index is 423. The van der Waals surface area contributed by atoms with Gasteiger partial charge in [-0.15, -0.1) is 0 Å². The monoisotopic (exact) mass is 214 g/mol. The molecule has 0 aliphatic heterocycles. The standard InChI is InChI=1S/C7H10N4O4/c1-9(2)7(13)4-5(12)6(11(14)15)8-10(4)3/h12H,1-3H3. The second-order valence-electron chi connectivity index (χ2n) is 3.10. The molecule has 0 aromatic carbocycles. The molecule has 1 aromatic heterocycles. The molecule has 1 rings (SSSR count). The fourth-order valence-corrected chi connectivity index (χ4v) is 1.07. The highest BCUT2D eigenvalue weighted by molar-refractivity contribution is 5.95. The molecule has 0 unspecified atom stereocenters. The summed E-state index contributed by atoms with van der Waals surface area (Å²) in [4.78, 5) is 22.3. The second kappa shape index (κ2) is 3.56. The maximum Gasteiger partial charge on any atom is 0.432 e. The molecule has 0 spiro atoms. The topological polar surface area (TPSA) is 102 Å². The van der Waals surface area contributed by atoms with E-state index in [1.807, 2.05) is 0 Å². The zero-order valence-electron chi connectivity index (χ0n) is 8.46. The summed E-state index contributed by atoms with van der Waals surface area (Å²) in [6, 6.07) is 0. The number of aryl methyl sites for hydroxylation is 1. The number of carbonyl (C=O) groups excluding carboxylic acids is 1. The minimum Gasteiger partial charge on any atom is -0.499 e. The van der Waals surface area contributed by atoms with Gasteiger partial charge in [0.2, 0.25) is 0 Å². The van der Waals surface area contributed by atoms with Crippen LogP contribution in [0.3, 0.4) is 0 Å². The van der Waals surface area contributed by atoms with Crippen LogP contribution in [-0.4, -0.2) is 44.7 Å². The van der Waals surface area contributed by atoms with E-state index in [1.165, 1.54) is 26.0 Å². The molecule has 0 bridgehead atoms. The number of aromatic hydroxyl groups is 1.